The number of hydrogen-bond acceptors (Lipinski definition) is 4. The Hall–Kier alpha value is -0.730. The van der Waals surface area contributed by atoms with Gasteiger partial charge >= 0.3 is 0 Å². The highest BCUT2D eigenvalue weighted by Crippen LogP contribution is 2.25. The molecule has 1 aromatic heterocycles. The molecule has 1 aromatic carbocycles. The van der Waals surface area contributed by atoms with Gasteiger partial charge in [-0.25, -0.2) is 8.42 Å². The molecule has 1 heterocycles. The molecular weight excluding hydrogens is 362 g/mol. The SMILES string of the molecule is CN(Cc1ccccc1Br)S(=O)(=O)c1cc(CO)cs1. The van der Waals surface area contributed by atoms with E-state index in [2.05, 4.69) is 15.9 Å². The molecule has 0 saturated heterocycles. The number of aliphatic hydroxyl groups excluding tert-OH is 1. The molecule has 108 valence electrons. The first kappa shape index (κ1) is 15.7. The Morgan fingerprint density at radius 1 is 1.35 bits per heavy atom. The van der Waals surface area contributed by atoms with Gasteiger partial charge < -0.3 is 5.11 Å². The minimum Gasteiger partial charge on any atom is -0.392 e. The minimum atomic E-state index is -3.52. The van der Waals surface area contributed by atoms with E-state index in [0.29, 0.717) is 5.56 Å². The molecule has 20 heavy (non-hydrogen) atoms. The molecule has 1 N–H and O–H groups in total. The summed E-state index contributed by atoms with van der Waals surface area (Å²) >= 11 is 4.53. The number of thiophene rings is 1. The number of rotatable bonds is 5. The third kappa shape index (κ3) is 3.29. The van der Waals surface area contributed by atoms with Crippen LogP contribution < -0.4 is 0 Å². The lowest BCUT2D eigenvalue weighted by Crippen LogP contribution is -2.26. The summed E-state index contributed by atoms with van der Waals surface area (Å²) in [6.07, 6.45) is 0. The molecule has 0 bridgehead atoms. The van der Waals surface area contributed by atoms with E-state index < -0.39 is 10.0 Å². The van der Waals surface area contributed by atoms with Gasteiger partial charge in [0.2, 0.25) is 0 Å². The molecule has 0 amide bonds. The lowest BCUT2D eigenvalue weighted by atomic mass is 10.2. The largest absolute Gasteiger partial charge is 0.392 e. The first-order valence-electron chi connectivity index (χ1n) is 5.83. The van der Waals surface area contributed by atoms with Gasteiger partial charge in [-0.15, -0.1) is 11.3 Å². The van der Waals surface area contributed by atoms with Crippen LogP contribution in [0.3, 0.4) is 0 Å². The second-order valence-electron chi connectivity index (χ2n) is 4.28. The zero-order valence-corrected chi connectivity index (χ0v) is 14.0. The highest BCUT2D eigenvalue weighted by molar-refractivity contribution is 9.10. The Kier molecular flexibility index (Phi) is 4.98. The Morgan fingerprint density at radius 3 is 2.65 bits per heavy atom. The highest BCUT2D eigenvalue weighted by atomic mass is 79.9. The monoisotopic (exact) mass is 375 g/mol. The zero-order valence-electron chi connectivity index (χ0n) is 10.8. The number of sulfonamides is 1. The van der Waals surface area contributed by atoms with Gasteiger partial charge in [0.05, 0.1) is 6.61 Å². The Morgan fingerprint density at radius 2 is 2.05 bits per heavy atom. The predicted octanol–water partition coefficient (Wildman–Crippen LogP) is 2.82. The van der Waals surface area contributed by atoms with Crippen molar-refractivity contribution in [2.75, 3.05) is 7.05 Å². The molecule has 0 aliphatic carbocycles. The van der Waals surface area contributed by atoms with E-state index in [-0.39, 0.29) is 17.4 Å². The fourth-order valence-corrected chi connectivity index (χ4v) is 4.65. The van der Waals surface area contributed by atoms with Crippen molar-refractivity contribution in [3.8, 4) is 0 Å². The normalized spacial score (nSPS) is 12.0. The summed E-state index contributed by atoms with van der Waals surface area (Å²) in [7, 11) is -1.97. The average Bonchev–Trinajstić information content (AvgIpc) is 2.90. The lowest BCUT2D eigenvalue weighted by Gasteiger charge is -2.16. The molecule has 0 aliphatic rings. The van der Waals surface area contributed by atoms with Crippen LogP contribution in [-0.4, -0.2) is 24.9 Å². The summed E-state index contributed by atoms with van der Waals surface area (Å²) in [5, 5.41) is 10.7. The fraction of sp³-hybridized carbons (Fsp3) is 0.231. The summed E-state index contributed by atoms with van der Waals surface area (Å²) in [5.74, 6) is 0. The quantitative estimate of drug-likeness (QED) is 0.873. The van der Waals surface area contributed by atoms with Crippen LogP contribution in [0.2, 0.25) is 0 Å². The highest BCUT2D eigenvalue weighted by Gasteiger charge is 2.23. The molecule has 2 rings (SSSR count). The lowest BCUT2D eigenvalue weighted by molar-refractivity contribution is 0.282. The van der Waals surface area contributed by atoms with Crippen LogP contribution in [0.1, 0.15) is 11.1 Å². The number of benzene rings is 1. The fourth-order valence-electron chi connectivity index (χ4n) is 1.68. The van der Waals surface area contributed by atoms with Gasteiger partial charge in [-0.1, -0.05) is 34.1 Å². The van der Waals surface area contributed by atoms with Crippen LogP contribution in [0.15, 0.2) is 44.4 Å². The second kappa shape index (κ2) is 6.36. The Balaban J connectivity index is 2.23. The topological polar surface area (TPSA) is 57.6 Å². The first-order chi connectivity index (χ1) is 9.45. The predicted molar refractivity (Wildman–Crippen MR) is 83.0 cm³/mol. The number of hydrogen-bond donors (Lipinski definition) is 1. The van der Waals surface area contributed by atoms with E-state index in [4.69, 9.17) is 5.11 Å². The third-order valence-corrected chi connectivity index (χ3v) is 6.87. The van der Waals surface area contributed by atoms with Gasteiger partial charge in [0.25, 0.3) is 10.0 Å². The van der Waals surface area contributed by atoms with Crippen molar-refractivity contribution in [3.05, 3.63) is 51.3 Å². The van der Waals surface area contributed by atoms with E-state index in [1.165, 1.54) is 10.4 Å². The van der Waals surface area contributed by atoms with Gasteiger partial charge in [0, 0.05) is 18.1 Å². The van der Waals surface area contributed by atoms with Crippen molar-refractivity contribution >= 4 is 37.3 Å². The van der Waals surface area contributed by atoms with E-state index in [1.54, 1.807) is 12.4 Å². The minimum absolute atomic E-state index is 0.153. The standard InChI is InChI=1S/C13H14BrNO3S2/c1-15(7-11-4-2-3-5-12(11)14)20(17,18)13-6-10(8-16)9-19-13/h2-6,9,16H,7-8H2,1H3. The van der Waals surface area contributed by atoms with Gasteiger partial charge in [0.1, 0.15) is 4.21 Å². The van der Waals surface area contributed by atoms with Crippen LogP contribution in [0.4, 0.5) is 0 Å². The van der Waals surface area contributed by atoms with Crippen LogP contribution in [0, 0.1) is 0 Å². The van der Waals surface area contributed by atoms with Crippen molar-refractivity contribution in [2.24, 2.45) is 0 Å². The summed E-state index contributed by atoms with van der Waals surface area (Å²) < 4.78 is 27.3. The molecule has 0 spiro atoms. The van der Waals surface area contributed by atoms with Gasteiger partial charge in [-0.2, -0.15) is 4.31 Å². The smallest absolute Gasteiger partial charge is 0.252 e. The summed E-state index contributed by atoms with van der Waals surface area (Å²) in [5.41, 5.74) is 1.51. The Bertz CT molecular complexity index is 697. The number of aliphatic hydroxyl groups is 1. The van der Waals surface area contributed by atoms with E-state index in [1.807, 2.05) is 24.3 Å². The molecular formula is C13H14BrNO3S2. The number of nitrogens with zero attached hydrogens (tertiary/aromatic N) is 1. The van der Waals surface area contributed by atoms with E-state index >= 15 is 0 Å². The van der Waals surface area contributed by atoms with Crippen LogP contribution in [-0.2, 0) is 23.2 Å². The van der Waals surface area contributed by atoms with Crippen molar-refractivity contribution in [1.29, 1.82) is 0 Å². The second-order valence-corrected chi connectivity index (χ2v) is 8.32. The Labute approximate surface area is 130 Å². The molecule has 0 fully saturated rings. The molecule has 0 aliphatic heterocycles. The summed E-state index contributed by atoms with van der Waals surface area (Å²) in [6.45, 7) is 0.135. The van der Waals surface area contributed by atoms with Crippen molar-refractivity contribution in [2.45, 2.75) is 17.4 Å². The average molecular weight is 376 g/mol. The molecule has 0 unspecified atom stereocenters. The van der Waals surface area contributed by atoms with Crippen LogP contribution in [0.25, 0.3) is 0 Å². The van der Waals surface area contributed by atoms with Crippen molar-refractivity contribution in [3.63, 3.8) is 0 Å². The molecule has 0 radical (unpaired) electrons. The van der Waals surface area contributed by atoms with Gasteiger partial charge in [-0.3, -0.25) is 0 Å². The zero-order chi connectivity index (χ0) is 14.8. The first-order valence-corrected chi connectivity index (χ1v) is 8.94. The number of halogens is 1. The maximum atomic E-state index is 12.4. The molecule has 7 heteroatoms. The maximum Gasteiger partial charge on any atom is 0.252 e. The molecule has 4 nitrogen and oxygen atoms in total. The molecule has 0 saturated carbocycles. The van der Waals surface area contributed by atoms with Crippen LogP contribution in [0.5, 0.6) is 0 Å². The van der Waals surface area contributed by atoms with E-state index in [0.717, 1.165) is 21.4 Å². The molecule has 2 aromatic rings. The summed E-state index contributed by atoms with van der Waals surface area (Å²) in [4.78, 5) is 0. The van der Waals surface area contributed by atoms with Gasteiger partial charge in [-0.05, 0) is 28.6 Å². The third-order valence-electron chi connectivity index (χ3n) is 2.83. The van der Waals surface area contributed by atoms with Gasteiger partial charge in [0.15, 0.2) is 0 Å². The van der Waals surface area contributed by atoms with E-state index in [9.17, 15) is 8.42 Å². The summed E-state index contributed by atoms with van der Waals surface area (Å²) in [6, 6.07) is 9.02. The van der Waals surface area contributed by atoms with Crippen LogP contribution >= 0.6 is 27.3 Å². The van der Waals surface area contributed by atoms with Crippen molar-refractivity contribution in [1.82, 2.24) is 4.31 Å². The van der Waals surface area contributed by atoms with Crippen molar-refractivity contribution < 1.29 is 13.5 Å². The maximum absolute atomic E-state index is 12.4. The molecule has 0 atom stereocenters.